The van der Waals surface area contributed by atoms with Gasteiger partial charge in [-0.3, -0.25) is 0 Å². The third-order valence-electron chi connectivity index (χ3n) is 3.60. The van der Waals surface area contributed by atoms with E-state index in [1.807, 2.05) is 12.1 Å². The van der Waals surface area contributed by atoms with Gasteiger partial charge in [-0.05, 0) is 61.2 Å². The molecule has 112 valence electrons. The molecule has 0 aliphatic carbocycles. The summed E-state index contributed by atoms with van der Waals surface area (Å²) >= 11 is 3.63. The first-order valence-electron chi connectivity index (χ1n) is 7.21. The van der Waals surface area contributed by atoms with Crippen LogP contribution in [0.2, 0.25) is 0 Å². The zero-order chi connectivity index (χ0) is 15.4. The Hall–Kier alpha value is -1.39. The number of hydrogen-bond donors (Lipinski definition) is 2. The lowest BCUT2D eigenvalue weighted by Crippen LogP contribution is -2.23. The summed E-state index contributed by atoms with van der Waals surface area (Å²) < 4.78 is 1.19. The summed E-state index contributed by atoms with van der Waals surface area (Å²) in [6.45, 7) is 7.33. The first-order chi connectivity index (χ1) is 10.0. The number of aryl methyl sites for hydroxylation is 2. The van der Waals surface area contributed by atoms with Crippen molar-refractivity contribution in [1.29, 1.82) is 0 Å². The molecule has 0 saturated carbocycles. The maximum Gasteiger partial charge on any atom is 0.123 e. The largest absolute Gasteiger partial charge is 0.384 e. The van der Waals surface area contributed by atoms with Crippen molar-refractivity contribution < 1.29 is 0 Å². The molecule has 2 rings (SSSR count). The van der Waals surface area contributed by atoms with Crippen LogP contribution in [0.4, 0.5) is 5.82 Å². The number of hydrogen-bond acceptors (Lipinski definition) is 3. The van der Waals surface area contributed by atoms with Crippen LogP contribution in [0.3, 0.4) is 0 Å². The Kier molecular flexibility index (Phi) is 5.37. The molecule has 1 heterocycles. The number of nitrogens with zero attached hydrogens (tertiary/aromatic N) is 1. The van der Waals surface area contributed by atoms with Gasteiger partial charge in [-0.25, -0.2) is 4.98 Å². The van der Waals surface area contributed by atoms with E-state index in [1.54, 1.807) is 6.20 Å². The summed E-state index contributed by atoms with van der Waals surface area (Å²) in [6.07, 6.45) is 2.67. The molecule has 3 N–H and O–H groups in total. The minimum atomic E-state index is 0.280. The van der Waals surface area contributed by atoms with E-state index in [1.165, 1.54) is 26.7 Å². The summed E-state index contributed by atoms with van der Waals surface area (Å²) in [5.41, 5.74) is 10.8. The van der Waals surface area contributed by atoms with Crippen molar-refractivity contribution in [1.82, 2.24) is 10.3 Å². The number of halogens is 1. The van der Waals surface area contributed by atoms with Crippen LogP contribution >= 0.6 is 15.9 Å². The molecule has 1 atom stereocenters. The third-order valence-corrected chi connectivity index (χ3v) is 4.85. The average molecular weight is 348 g/mol. The zero-order valence-electron chi connectivity index (χ0n) is 12.8. The molecule has 0 fully saturated rings. The number of benzene rings is 1. The van der Waals surface area contributed by atoms with Crippen LogP contribution < -0.4 is 11.1 Å². The molecule has 1 aromatic carbocycles. The van der Waals surface area contributed by atoms with Crippen LogP contribution in [0.25, 0.3) is 0 Å². The van der Waals surface area contributed by atoms with Crippen molar-refractivity contribution in [2.24, 2.45) is 0 Å². The van der Waals surface area contributed by atoms with Gasteiger partial charge < -0.3 is 11.1 Å². The predicted octanol–water partition coefficient (Wildman–Crippen LogP) is 3.94. The standard InChI is InChI=1S/C17H22BrN3/c1-4-20-15(9-13-5-6-21-16(19)10-13)14-7-11(2)17(18)12(3)8-14/h5-8,10,15,20H,4,9H2,1-3H3,(H2,19,21). The van der Waals surface area contributed by atoms with Crippen molar-refractivity contribution in [3.63, 3.8) is 0 Å². The first kappa shape index (κ1) is 16.0. The Bertz CT molecular complexity index is 602. The molecule has 4 heteroatoms. The molecule has 0 saturated heterocycles. The number of nitrogens with two attached hydrogens (primary N) is 1. The van der Waals surface area contributed by atoms with E-state index in [0.29, 0.717) is 5.82 Å². The van der Waals surface area contributed by atoms with Gasteiger partial charge in [-0.1, -0.05) is 35.0 Å². The van der Waals surface area contributed by atoms with E-state index in [-0.39, 0.29) is 6.04 Å². The van der Waals surface area contributed by atoms with E-state index in [0.717, 1.165) is 13.0 Å². The predicted molar refractivity (Wildman–Crippen MR) is 92.4 cm³/mol. The van der Waals surface area contributed by atoms with Gasteiger partial charge in [0.25, 0.3) is 0 Å². The second-order valence-corrected chi connectivity index (χ2v) is 6.17. The van der Waals surface area contributed by atoms with E-state index in [4.69, 9.17) is 5.73 Å². The van der Waals surface area contributed by atoms with E-state index in [2.05, 4.69) is 59.1 Å². The Morgan fingerprint density at radius 3 is 2.48 bits per heavy atom. The normalized spacial score (nSPS) is 12.4. The van der Waals surface area contributed by atoms with Crippen LogP contribution in [0, 0.1) is 13.8 Å². The highest BCUT2D eigenvalue weighted by molar-refractivity contribution is 9.10. The summed E-state index contributed by atoms with van der Waals surface area (Å²) in [7, 11) is 0. The summed E-state index contributed by atoms with van der Waals surface area (Å²) in [6, 6.07) is 8.74. The van der Waals surface area contributed by atoms with E-state index < -0.39 is 0 Å². The SMILES string of the molecule is CCNC(Cc1ccnc(N)c1)c1cc(C)c(Br)c(C)c1. The Labute approximate surface area is 135 Å². The maximum atomic E-state index is 5.78. The fraction of sp³-hybridized carbons (Fsp3) is 0.353. The molecule has 0 bridgehead atoms. The van der Waals surface area contributed by atoms with Gasteiger partial charge in [0.15, 0.2) is 0 Å². The molecule has 1 aromatic heterocycles. The number of pyridine rings is 1. The topological polar surface area (TPSA) is 50.9 Å². The monoisotopic (exact) mass is 347 g/mol. The molecule has 0 aliphatic rings. The van der Waals surface area contributed by atoms with Crippen molar-refractivity contribution in [2.75, 3.05) is 12.3 Å². The van der Waals surface area contributed by atoms with Gasteiger partial charge in [-0.15, -0.1) is 0 Å². The van der Waals surface area contributed by atoms with Crippen molar-refractivity contribution in [3.8, 4) is 0 Å². The number of aromatic nitrogens is 1. The lowest BCUT2D eigenvalue weighted by Gasteiger charge is -2.20. The highest BCUT2D eigenvalue weighted by Crippen LogP contribution is 2.27. The number of likely N-dealkylation sites (N-methyl/N-ethyl adjacent to an activating group) is 1. The quantitative estimate of drug-likeness (QED) is 0.861. The molecule has 3 nitrogen and oxygen atoms in total. The number of rotatable bonds is 5. The molecular formula is C17H22BrN3. The Morgan fingerprint density at radius 2 is 1.90 bits per heavy atom. The van der Waals surface area contributed by atoms with Crippen molar-refractivity contribution in [3.05, 3.63) is 57.2 Å². The highest BCUT2D eigenvalue weighted by Gasteiger charge is 2.14. The van der Waals surface area contributed by atoms with Crippen LogP contribution in [0.5, 0.6) is 0 Å². The van der Waals surface area contributed by atoms with Crippen molar-refractivity contribution >= 4 is 21.7 Å². The highest BCUT2D eigenvalue weighted by atomic mass is 79.9. The molecule has 0 spiro atoms. The summed E-state index contributed by atoms with van der Waals surface area (Å²) in [5, 5.41) is 3.56. The fourth-order valence-corrected chi connectivity index (χ4v) is 2.82. The van der Waals surface area contributed by atoms with E-state index >= 15 is 0 Å². The number of nitrogens with one attached hydrogen (secondary N) is 1. The molecule has 21 heavy (non-hydrogen) atoms. The second kappa shape index (κ2) is 7.05. The molecule has 0 radical (unpaired) electrons. The molecule has 2 aromatic rings. The van der Waals surface area contributed by atoms with Gasteiger partial charge >= 0.3 is 0 Å². The second-order valence-electron chi connectivity index (χ2n) is 5.37. The van der Waals surface area contributed by atoms with Gasteiger partial charge in [0.2, 0.25) is 0 Å². The third kappa shape index (κ3) is 4.05. The minimum absolute atomic E-state index is 0.280. The lowest BCUT2D eigenvalue weighted by atomic mass is 9.96. The number of nitrogen functional groups attached to an aromatic ring is 1. The maximum absolute atomic E-state index is 5.78. The molecule has 1 unspecified atom stereocenters. The molecular weight excluding hydrogens is 326 g/mol. The summed E-state index contributed by atoms with van der Waals surface area (Å²) in [5.74, 6) is 0.575. The van der Waals surface area contributed by atoms with E-state index in [9.17, 15) is 0 Å². The minimum Gasteiger partial charge on any atom is -0.384 e. The summed E-state index contributed by atoms with van der Waals surface area (Å²) in [4.78, 5) is 4.06. The van der Waals surface area contributed by atoms with Crippen molar-refractivity contribution in [2.45, 2.75) is 33.2 Å². The van der Waals surface area contributed by atoms with Gasteiger partial charge in [0.1, 0.15) is 5.82 Å². The number of anilines is 1. The van der Waals surface area contributed by atoms with Crippen LogP contribution in [0.15, 0.2) is 34.9 Å². The first-order valence-corrected chi connectivity index (χ1v) is 8.01. The van der Waals surface area contributed by atoms with Crippen LogP contribution in [-0.2, 0) is 6.42 Å². The lowest BCUT2D eigenvalue weighted by molar-refractivity contribution is 0.549. The Morgan fingerprint density at radius 1 is 1.24 bits per heavy atom. The van der Waals surface area contributed by atoms with Gasteiger partial charge in [0, 0.05) is 16.7 Å². The molecule has 0 aliphatic heterocycles. The fourth-order valence-electron chi connectivity index (χ4n) is 2.59. The molecule has 0 amide bonds. The van der Waals surface area contributed by atoms with Crippen LogP contribution in [0.1, 0.15) is 35.2 Å². The smallest absolute Gasteiger partial charge is 0.123 e. The Balaban J connectivity index is 2.30. The van der Waals surface area contributed by atoms with Gasteiger partial charge in [-0.2, -0.15) is 0 Å². The van der Waals surface area contributed by atoms with Crippen LogP contribution in [-0.4, -0.2) is 11.5 Å². The zero-order valence-corrected chi connectivity index (χ0v) is 14.4. The average Bonchev–Trinajstić information content (AvgIpc) is 2.44. The van der Waals surface area contributed by atoms with Gasteiger partial charge in [0.05, 0.1) is 0 Å².